The summed E-state index contributed by atoms with van der Waals surface area (Å²) in [6.45, 7) is 11.4. The van der Waals surface area contributed by atoms with E-state index in [1.807, 2.05) is 58.0 Å². The summed E-state index contributed by atoms with van der Waals surface area (Å²) in [5.41, 5.74) is 3.84. The number of nitrogens with one attached hydrogen (secondary N) is 1. The van der Waals surface area contributed by atoms with Crippen molar-refractivity contribution in [3.8, 4) is 17.2 Å². The fourth-order valence-electron chi connectivity index (χ4n) is 6.01. The smallest absolute Gasteiger partial charge is 0.410 e. The maximum atomic E-state index is 14.7. The molecule has 1 aliphatic rings. The summed E-state index contributed by atoms with van der Waals surface area (Å²) in [6.07, 6.45) is 0.830. The highest BCUT2D eigenvalue weighted by atomic mass is 19.1. The Kier molecular flexibility index (Phi) is 9.33. The monoisotopic (exact) mass is 681 g/mol. The summed E-state index contributed by atoms with van der Waals surface area (Å²) in [7, 11) is 0. The van der Waals surface area contributed by atoms with Crippen molar-refractivity contribution in [1.82, 2.24) is 34.3 Å². The number of hydrogen-bond acceptors (Lipinski definition) is 7. The van der Waals surface area contributed by atoms with Crippen molar-refractivity contribution in [2.24, 2.45) is 0 Å². The molecule has 50 heavy (non-hydrogen) atoms. The van der Waals surface area contributed by atoms with Crippen molar-refractivity contribution in [2.45, 2.75) is 72.8 Å². The first-order chi connectivity index (χ1) is 23.8. The van der Waals surface area contributed by atoms with E-state index < -0.39 is 29.5 Å². The van der Waals surface area contributed by atoms with Crippen LogP contribution in [0.3, 0.4) is 0 Å². The number of ether oxygens (including phenoxy) is 2. The Bertz CT molecular complexity index is 2070. The Labute approximate surface area is 289 Å². The van der Waals surface area contributed by atoms with Gasteiger partial charge < -0.3 is 19.7 Å². The Morgan fingerprint density at radius 3 is 2.30 bits per heavy atom. The number of rotatable bonds is 7. The first-order valence-electron chi connectivity index (χ1n) is 16.4. The lowest BCUT2D eigenvalue weighted by molar-refractivity contribution is 0.0159. The van der Waals surface area contributed by atoms with Gasteiger partial charge in [-0.15, -0.1) is 0 Å². The normalized spacial score (nSPS) is 14.3. The van der Waals surface area contributed by atoms with Crippen molar-refractivity contribution >= 4 is 12.2 Å². The maximum Gasteiger partial charge on any atom is 0.410 e. The largest absolute Gasteiger partial charge is 0.445 e. The minimum Gasteiger partial charge on any atom is -0.445 e. The summed E-state index contributed by atoms with van der Waals surface area (Å²) in [6, 6.07) is 19.3. The number of carbonyl (C=O) groups is 2. The molecule has 0 aliphatic carbocycles. The molecule has 2 amide bonds. The van der Waals surface area contributed by atoms with Crippen LogP contribution in [-0.2, 0) is 29.0 Å². The number of fused-ring (bicyclic) bond motifs is 1. The van der Waals surface area contributed by atoms with E-state index in [1.165, 1.54) is 15.6 Å². The molecule has 12 nitrogen and oxygen atoms in total. The van der Waals surface area contributed by atoms with Crippen molar-refractivity contribution in [3.05, 3.63) is 123 Å². The van der Waals surface area contributed by atoms with Crippen molar-refractivity contribution < 1.29 is 23.5 Å². The molecule has 0 unspecified atom stereocenters. The molecular weight excluding hydrogens is 641 g/mol. The van der Waals surface area contributed by atoms with Gasteiger partial charge in [-0.3, -0.25) is 0 Å². The Hall–Kier alpha value is -5.72. The second kappa shape index (κ2) is 13.7. The van der Waals surface area contributed by atoms with Gasteiger partial charge in [-0.1, -0.05) is 42.5 Å². The molecule has 0 radical (unpaired) electrons. The molecule has 13 heteroatoms. The van der Waals surface area contributed by atoms with Crippen LogP contribution in [0.1, 0.15) is 67.2 Å². The lowest BCUT2D eigenvalue weighted by Crippen LogP contribution is -2.42. The van der Waals surface area contributed by atoms with E-state index in [4.69, 9.17) is 14.6 Å². The van der Waals surface area contributed by atoms with Gasteiger partial charge in [-0.25, -0.2) is 28.0 Å². The second-order valence-corrected chi connectivity index (χ2v) is 13.4. The average molecular weight is 682 g/mol. The molecule has 260 valence electrons. The number of alkyl carbamates (subject to hydrolysis) is 1. The standard InChI is InChI=1S/C37H40FN7O5/c1-23-18-29(19-24(2)32(23)38)44-33(31-25(3)42(17-16-30(31)41-44)36(48)50-37(4,5)6)43-22-40-45(35(43)47)28-14-12-26(13-15-28)20-39-34(46)49-21-27-10-8-7-9-11-27/h7-15,18-19,22,25H,16-17,20-21H2,1-6H3,(H,39,46)/t25-/m0/s1. The lowest BCUT2D eigenvalue weighted by atomic mass is 10.00. The fourth-order valence-corrected chi connectivity index (χ4v) is 6.01. The molecule has 0 fully saturated rings. The number of carbonyl (C=O) groups excluding carboxylic acids is 2. The Morgan fingerprint density at radius 2 is 1.64 bits per heavy atom. The maximum absolute atomic E-state index is 14.7. The van der Waals surface area contributed by atoms with Gasteiger partial charge >= 0.3 is 17.9 Å². The fraction of sp³-hybridized carbons (Fsp3) is 0.324. The van der Waals surface area contributed by atoms with Crippen molar-refractivity contribution in [2.75, 3.05) is 6.54 Å². The number of nitrogens with zero attached hydrogens (tertiary/aromatic N) is 6. The Morgan fingerprint density at radius 1 is 0.960 bits per heavy atom. The van der Waals surface area contributed by atoms with Crippen LogP contribution in [0.25, 0.3) is 17.2 Å². The molecule has 2 aromatic heterocycles. The van der Waals surface area contributed by atoms with Crippen LogP contribution in [0.5, 0.6) is 0 Å². The number of halogens is 1. The molecule has 6 rings (SSSR count). The number of aromatic nitrogens is 5. The van der Waals surface area contributed by atoms with E-state index in [-0.39, 0.29) is 19.0 Å². The minimum atomic E-state index is -0.692. The zero-order valence-corrected chi connectivity index (χ0v) is 28.9. The summed E-state index contributed by atoms with van der Waals surface area (Å²) in [5.74, 6) is 0.0849. The van der Waals surface area contributed by atoms with Crippen LogP contribution < -0.4 is 11.0 Å². The third-order valence-corrected chi connectivity index (χ3v) is 8.47. The lowest BCUT2D eigenvalue weighted by Gasteiger charge is -2.34. The van der Waals surface area contributed by atoms with E-state index in [2.05, 4.69) is 10.4 Å². The minimum absolute atomic E-state index is 0.164. The third kappa shape index (κ3) is 7.02. The number of hydrogen-bond donors (Lipinski definition) is 1. The highest BCUT2D eigenvalue weighted by Crippen LogP contribution is 2.36. The first kappa shape index (κ1) is 34.2. The predicted octanol–water partition coefficient (Wildman–Crippen LogP) is 6.25. The van der Waals surface area contributed by atoms with Gasteiger partial charge in [0.25, 0.3) is 0 Å². The van der Waals surface area contributed by atoms with Crippen molar-refractivity contribution in [3.63, 3.8) is 0 Å². The molecule has 0 saturated carbocycles. The first-order valence-corrected chi connectivity index (χ1v) is 16.4. The molecule has 0 bridgehead atoms. The van der Waals surface area contributed by atoms with E-state index in [0.717, 1.165) is 11.1 Å². The van der Waals surface area contributed by atoms with Crippen molar-refractivity contribution in [1.29, 1.82) is 0 Å². The topological polar surface area (TPSA) is 126 Å². The van der Waals surface area contributed by atoms with Crippen LogP contribution in [0, 0.1) is 19.7 Å². The molecule has 5 aromatic rings. The highest BCUT2D eigenvalue weighted by Gasteiger charge is 2.37. The van der Waals surface area contributed by atoms with Gasteiger partial charge in [0.05, 0.1) is 23.1 Å². The van der Waals surface area contributed by atoms with Crippen LogP contribution in [0.15, 0.2) is 77.9 Å². The summed E-state index contributed by atoms with van der Waals surface area (Å²) in [4.78, 5) is 41.2. The van der Waals surface area contributed by atoms with E-state index in [1.54, 1.807) is 59.8 Å². The van der Waals surface area contributed by atoms with Gasteiger partial charge in [0.1, 0.15) is 24.4 Å². The average Bonchev–Trinajstić information content (AvgIpc) is 3.65. The molecule has 1 aliphatic heterocycles. The van der Waals surface area contributed by atoms with Crippen LogP contribution in [0.4, 0.5) is 14.0 Å². The summed E-state index contributed by atoms with van der Waals surface area (Å²) in [5, 5.41) is 12.1. The zero-order valence-electron chi connectivity index (χ0n) is 28.9. The molecule has 0 spiro atoms. The van der Waals surface area contributed by atoms with Gasteiger partial charge in [0.15, 0.2) is 5.82 Å². The SMILES string of the molecule is Cc1cc(-n2nc3c(c2-n2cnn(-c4ccc(CNC(=O)OCc5ccccc5)cc4)c2=O)[C@H](C)N(C(=O)OC(C)(C)C)CC3)cc(C)c1F. The van der Waals surface area contributed by atoms with Gasteiger partial charge in [-0.2, -0.15) is 14.9 Å². The van der Waals surface area contributed by atoms with E-state index >= 15 is 0 Å². The van der Waals surface area contributed by atoms with Gasteiger partial charge in [0, 0.05) is 25.1 Å². The Balaban J connectivity index is 1.30. The molecule has 0 saturated heterocycles. The highest BCUT2D eigenvalue weighted by molar-refractivity contribution is 5.70. The summed E-state index contributed by atoms with van der Waals surface area (Å²) < 4.78 is 30.0. The van der Waals surface area contributed by atoms with Gasteiger partial charge in [0.2, 0.25) is 0 Å². The van der Waals surface area contributed by atoms with E-state index in [0.29, 0.717) is 52.5 Å². The quantitative estimate of drug-likeness (QED) is 0.215. The predicted molar refractivity (Wildman–Crippen MR) is 184 cm³/mol. The number of benzene rings is 3. The van der Waals surface area contributed by atoms with Crippen LogP contribution in [-0.4, -0.2) is 53.4 Å². The van der Waals surface area contributed by atoms with Crippen LogP contribution >= 0.6 is 0 Å². The molecule has 3 heterocycles. The summed E-state index contributed by atoms with van der Waals surface area (Å²) >= 11 is 0. The number of amides is 2. The second-order valence-electron chi connectivity index (χ2n) is 13.4. The third-order valence-electron chi connectivity index (χ3n) is 8.47. The molecule has 1 N–H and O–H groups in total. The molecular formula is C37H40FN7O5. The van der Waals surface area contributed by atoms with Gasteiger partial charge in [-0.05, 0) is 88.1 Å². The molecule has 3 aromatic carbocycles. The zero-order chi connectivity index (χ0) is 35.7. The van der Waals surface area contributed by atoms with E-state index in [9.17, 15) is 18.8 Å². The van der Waals surface area contributed by atoms with Crippen LogP contribution in [0.2, 0.25) is 0 Å². The number of aryl methyl sites for hydroxylation is 2. The molecule has 1 atom stereocenters.